The van der Waals surface area contributed by atoms with Crippen LogP contribution in [0.4, 0.5) is 0 Å². The Labute approximate surface area is 110 Å². The van der Waals surface area contributed by atoms with E-state index in [-0.39, 0.29) is 5.91 Å². The Morgan fingerprint density at radius 2 is 2.16 bits per heavy atom. The van der Waals surface area contributed by atoms with Gasteiger partial charge in [0, 0.05) is 12.1 Å². The number of para-hydroxylation sites is 1. The van der Waals surface area contributed by atoms with Crippen molar-refractivity contribution in [3.63, 3.8) is 0 Å². The molecule has 5 nitrogen and oxygen atoms in total. The minimum atomic E-state index is -1.00. The monoisotopic (exact) mass is 260 g/mol. The Balaban J connectivity index is 2.09. The van der Waals surface area contributed by atoms with Crippen molar-refractivity contribution in [1.29, 1.82) is 0 Å². The van der Waals surface area contributed by atoms with E-state index in [0.717, 1.165) is 16.1 Å². The SMILES string of the molecule is CC(=O)N[C@H](CCC1=c2ccccc2=NC1)C(=O)O. The van der Waals surface area contributed by atoms with Gasteiger partial charge < -0.3 is 10.4 Å². The van der Waals surface area contributed by atoms with Crippen LogP contribution in [-0.2, 0) is 9.59 Å². The van der Waals surface area contributed by atoms with Gasteiger partial charge in [0.25, 0.3) is 0 Å². The highest BCUT2D eigenvalue weighted by atomic mass is 16.4. The average molecular weight is 260 g/mol. The highest BCUT2D eigenvalue weighted by Crippen LogP contribution is 2.10. The number of carbonyl (C=O) groups is 2. The Hall–Kier alpha value is -2.17. The minimum Gasteiger partial charge on any atom is -0.480 e. The van der Waals surface area contributed by atoms with Crippen molar-refractivity contribution in [2.75, 3.05) is 6.54 Å². The molecule has 5 heteroatoms. The van der Waals surface area contributed by atoms with Crippen molar-refractivity contribution >= 4 is 17.4 Å². The molecule has 1 aromatic rings. The maximum absolute atomic E-state index is 11.0. The van der Waals surface area contributed by atoms with Crippen LogP contribution in [0.3, 0.4) is 0 Å². The normalized spacial score (nSPS) is 14.5. The molecule has 0 spiro atoms. The second-order valence-corrected chi connectivity index (χ2v) is 4.57. The fourth-order valence-electron chi connectivity index (χ4n) is 2.21. The molecular weight excluding hydrogens is 244 g/mol. The number of hydrogen-bond donors (Lipinski definition) is 2. The number of carboxylic acids is 1. The molecule has 0 saturated heterocycles. The van der Waals surface area contributed by atoms with E-state index < -0.39 is 12.0 Å². The molecule has 2 N–H and O–H groups in total. The molecule has 0 saturated carbocycles. The molecule has 2 rings (SSSR count). The number of carbonyl (C=O) groups excluding carboxylic acids is 1. The number of nitrogens with one attached hydrogen (secondary N) is 1. The minimum absolute atomic E-state index is 0.325. The molecule has 0 aliphatic carbocycles. The number of carboxylic acid groups (broad SMARTS) is 1. The van der Waals surface area contributed by atoms with Gasteiger partial charge in [-0.25, -0.2) is 4.79 Å². The molecule has 19 heavy (non-hydrogen) atoms. The molecule has 1 aliphatic rings. The zero-order valence-electron chi connectivity index (χ0n) is 10.7. The summed E-state index contributed by atoms with van der Waals surface area (Å²) in [5.41, 5.74) is 1.13. The zero-order chi connectivity index (χ0) is 13.8. The third kappa shape index (κ3) is 3.19. The Bertz CT molecular complexity index is 622. The van der Waals surface area contributed by atoms with E-state index in [1.54, 1.807) is 0 Å². The topological polar surface area (TPSA) is 78.8 Å². The van der Waals surface area contributed by atoms with Crippen molar-refractivity contribution in [1.82, 2.24) is 5.32 Å². The summed E-state index contributed by atoms with van der Waals surface area (Å²) in [4.78, 5) is 26.4. The van der Waals surface area contributed by atoms with Crippen LogP contribution in [-0.4, -0.2) is 29.6 Å². The molecule has 1 aliphatic heterocycles. The summed E-state index contributed by atoms with van der Waals surface area (Å²) < 4.78 is 0. The van der Waals surface area contributed by atoms with E-state index in [4.69, 9.17) is 5.11 Å². The highest BCUT2D eigenvalue weighted by Gasteiger charge is 2.19. The summed E-state index contributed by atoms with van der Waals surface area (Å²) in [5.74, 6) is -1.33. The van der Waals surface area contributed by atoms with Gasteiger partial charge in [0.15, 0.2) is 0 Å². The summed E-state index contributed by atoms with van der Waals surface area (Å²) in [5, 5.41) is 13.5. The first-order valence-electron chi connectivity index (χ1n) is 6.19. The molecule has 1 amide bonds. The quantitative estimate of drug-likeness (QED) is 0.772. The molecule has 0 bridgehead atoms. The van der Waals surface area contributed by atoms with Crippen molar-refractivity contribution in [2.45, 2.75) is 25.8 Å². The molecule has 0 unspecified atom stereocenters. The van der Waals surface area contributed by atoms with Crippen LogP contribution in [0.15, 0.2) is 29.3 Å². The van der Waals surface area contributed by atoms with Crippen LogP contribution < -0.4 is 15.9 Å². The fraction of sp³-hybridized carbons (Fsp3) is 0.357. The lowest BCUT2D eigenvalue weighted by Crippen LogP contribution is -2.39. The first kappa shape index (κ1) is 13.3. The lowest BCUT2D eigenvalue weighted by atomic mass is 10.0. The second-order valence-electron chi connectivity index (χ2n) is 4.57. The van der Waals surface area contributed by atoms with Gasteiger partial charge in [-0.3, -0.25) is 9.79 Å². The van der Waals surface area contributed by atoms with Crippen LogP contribution in [0.2, 0.25) is 0 Å². The lowest BCUT2D eigenvalue weighted by molar-refractivity contribution is -0.141. The van der Waals surface area contributed by atoms with E-state index >= 15 is 0 Å². The maximum Gasteiger partial charge on any atom is 0.326 e. The molecule has 1 atom stereocenters. The van der Waals surface area contributed by atoms with E-state index in [1.165, 1.54) is 6.92 Å². The van der Waals surface area contributed by atoms with E-state index in [2.05, 4.69) is 10.3 Å². The number of hydrogen-bond acceptors (Lipinski definition) is 3. The number of amides is 1. The maximum atomic E-state index is 11.0. The smallest absolute Gasteiger partial charge is 0.326 e. The van der Waals surface area contributed by atoms with Gasteiger partial charge in [0.2, 0.25) is 5.91 Å². The van der Waals surface area contributed by atoms with Gasteiger partial charge in [-0.1, -0.05) is 18.2 Å². The highest BCUT2D eigenvalue weighted by molar-refractivity contribution is 5.82. The zero-order valence-corrected chi connectivity index (χ0v) is 10.7. The van der Waals surface area contributed by atoms with Gasteiger partial charge in [0.1, 0.15) is 6.04 Å². The summed E-state index contributed by atoms with van der Waals surface area (Å²) in [6.45, 7) is 1.94. The summed E-state index contributed by atoms with van der Waals surface area (Å²) in [6, 6.07) is 6.99. The first-order chi connectivity index (χ1) is 9.08. The van der Waals surface area contributed by atoms with E-state index in [9.17, 15) is 9.59 Å². The van der Waals surface area contributed by atoms with E-state index in [1.807, 2.05) is 24.3 Å². The average Bonchev–Trinajstić information content (AvgIpc) is 2.77. The Morgan fingerprint density at radius 1 is 1.42 bits per heavy atom. The number of benzene rings is 1. The predicted octanol–water partition coefficient (Wildman–Crippen LogP) is -0.160. The molecule has 1 heterocycles. The van der Waals surface area contributed by atoms with Gasteiger partial charge in [0.05, 0.1) is 11.9 Å². The molecule has 1 aromatic carbocycles. The standard InChI is InChI=1S/C14H16N2O3/c1-9(17)16-13(14(18)19)7-6-10-8-15-12-5-3-2-4-11(10)12/h2-5,13H,6-8H2,1H3,(H,16,17)(H,18,19)/t13-/m1/s1. The number of rotatable bonds is 5. The lowest BCUT2D eigenvalue weighted by Gasteiger charge is -2.13. The predicted molar refractivity (Wildman–Crippen MR) is 70.0 cm³/mol. The fourth-order valence-corrected chi connectivity index (χ4v) is 2.21. The van der Waals surface area contributed by atoms with Crippen LogP contribution in [0, 0.1) is 0 Å². The van der Waals surface area contributed by atoms with E-state index in [0.29, 0.717) is 19.4 Å². The first-order valence-corrected chi connectivity index (χ1v) is 6.19. The Kier molecular flexibility index (Phi) is 3.94. The third-order valence-corrected chi connectivity index (χ3v) is 3.14. The van der Waals surface area contributed by atoms with Crippen LogP contribution >= 0.6 is 0 Å². The van der Waals surface area contributed by atoms with Crippen molar-refractivity contribution < 1.29 is 14.7 Å². The largest absolute Gasteiger partial charge is 0.480 e. The van der Waals surface area contributed by atoms with Crippen LogP contribution in [0.1, 0.15) is 19.8 Å². The summed E-state index contributed by atoms with van der Waals surface area (Å²) >= 11 is 0. The molecular formula is C14H16N2O3. The molecule has 0 radical (unpaired) electrons. The van der Waals surface area contributed by atoms with Gasteiger partial charge >= 0.3 is 5.97 Å². The van der Waals surface area contributed by atoms with Crippen molar-refractivity contribution in [3.05, 3.63) is 34.8 Å². The van der Waals surface area contributed by atoms with Gasteiger partial charge in [-0.05, 0) is 24.5 Å². The van der Waals surface area contributed by atoms with Gasteiger partial charge in [-0.15, -0.1) is 0 Å². The van der Waals surface area contributed by atoms with Crippen LogP contribution in [0.25, 0.3) is 5.57 Å². The third-order valence-electron chi connectivity index (χ3n) is 3.14. The molecule has 0 aromatic heterocycles. The van der Waals surface area contributed by atoms with Crippen LogP contribution in [0.5, 0.6) is 0 Å². The summed E-state index contributed by atoms with van der Waals surface area (Å²) in [6.07, 6.45) is 1.01. The van der Waals surface area contributed by atoms with Crippen molar-refractivity contribution in [3.8, 4) is 0 Å². The number of fused-ring (bicyclic) bond motifs is 1. The molecule has 0 fully saturated rings. The molecule has 100 valence electrons. The second kappa shape index (κ2) is 5.65. The number of nitrogens with zero attached hydrogens (tertiary/aromatic N) is 1. The summed E-state index contributed by atoms with van der Waals surface area (Å²) in [7, 11) is 0. The number of aliphatic carboxylic acids is 1. The van der Waals surface area contributed by atoms with Crippen molar-refractivity contribution in [2.24, 2.45) is 4.99 Å². The Morgan fingerprint density at radius 3 is 2.84 bits per heavy atom. The van der Waals surface area contributed by atoms with Gasteiger partial charge in [-0.2, -0.15) is 0 Å².